The van der Waals surface area contributed by atoms with E-state index in [0.717, 1.165) is 74.9 Å². The number of anilines is 1. The molecule has 48 heavy (non-hydrogen) atoms. The number of carbonyl (C=O) groups is 1. The molecule has 0 N–H and O–H groups in total. The van der Waals surface area contributed by atoms with Crippen LogP contribution in [0.15, 0.2) is 65.1 Å². The van der Waals surface area contributed by atoms with Crippen LogP contribution in [0.4, 0.5) is 5.69 Å². The number of rotatable bonds is 22. The van der Waals surface area contributed by atoms with Crippen molar-refractivity contribution in [3.8, 4) is 22.5 Å². The summed E-state index contributed by atoms with van der Waals surface area (Å²) in [7, 11) is 1.95. The van der Waals surface area contributed by atoms with Gasteiger partial charge in [-0.15, -0.1) is 0 Å². The van der Waals surface area contributed by atoms with E-state index in [1.807, 2.05) is 48.3 Å². The van der Waals surface area contributed by atoms with Crippen molar-refractivity contribution < 1.29 is 24.2 Å². The zero-order valence-corrected chi connectivity index (χ0v) is 31.2. The summed E-state index contributed by atoms with van der Waals surface area (Å²) >= 11 is 5.17. The summed E-state index contributed by atoms with van der Waals surface area (Å²) in [6.07, 6.45) is 21.6. The third kappa shape index (κ3) is 10.8. The molecular weight excluding hydrogens is 635 g/mol. The maximum absolute atomic E-state index is 14.0. The summed E-state index contributed by atoms with van der Waals surface area (Å²) < 4.78 is 7.25. The van der Waals surface area contributed by atoms with E-state index in [0.29, 0.717) is 0 Å². The van der Waals surface area contributed by atoms with Crippen LogP contribution in [0.3, 0.4) is 0 Å². The predicted octanol–water partition coefficient (Wildman–Crippen LogP) is 12.5. The molecule has 5 heteroatoms. The normalized spacial score (nSPS) is 11.5. The fourth-order valence-electron chi connectivity index (χ4n) is 7.01. The van der Waals surface area contributed by atoms with Gasteiger partial charge in [-0.05, 0) is 0 Å². The van der Waals surface area contributed by atoms with Crippen molar-refractivity contribution in [3.63, 3.8) is 0 Å². The van der Waals surface area contributed by atoms with Gasteiger partial charge >= 0.3 is 203 Å². The van der Waals surface area contributed by atoms with Gasteiger partial charge < -0.3 is 0 Å². The van der Waals surface area contributed by atoms with Crippen molar-refractivity contribution in [2.45, 2.75) is 124 Å². The molecule has 2 aromatic carbocycles. The SMILES string of the molecule is CCCCCCCCCCCCCCCCCCN(C)C(=O)c1ccccc1-c1c2cc[c](=[Ni])cc-2oc2cc(N(CC)CC)ccc12. The summed E-state index contributed by atoms with van der Waals surface area (Å²) in [5, 5.41) is 1.000. The van der Waals surface area contributed by atoms with Crippen LogP contribution in [-0.4, -0.2) is 37.5 Å². The molecular formula is C43H60N2NiO2. The van der Waals surface area contributed by atoms with Crippen LogP contribution >= 0.6 is 0 Å². The number of amides is 1. The van der Waals surface area contributed by atoms with E-state index in [1.54, 1.807) is 0 Å². The Balaban J connectivity index is 1.32. The third-order valence-corrected chi connectivity index (χ3v) is 10.2. The molecule has 0 unspecified atom stereocenters. The maximum atomic E-state index is 14.0. The average Bonchev–Trinajstić information content (AvgIpc) is 3.10. The zero-order valence-electron chi connectivity index (χ0n) is 30.2. The molecule has 0 saturated heterocycles. The Hall–Kier alpha value is -2.91. The van der Waals surface area contributed by atoms with Gasteiger partial charge in [-0.1, -0.05) is 96.8 Å². The van der Waals surface area contributed by atoms with Crippen LogP contribution in [0.2, 0.25) is 0 Å². The summed E-state index contributed by atoms with van der Waals surface area (Å²) in [6.45, 7) is 9.23. The number of hydrogen-bond acceptors (Lipinski definition) is 3. The standard InChI is InChI=1S/C43H60N2O2.Ni/c1-5-8-9-10-11-12-13-14-15-16-17-18-19-20-21-26-33-44(4)43(46)37-28-23-22-27-36(37)42-38-29-24-25-30-40(38)47-41-34-35(31-32-39(41)42)45(6-2)7-3;/h22-24,27-32,34H,5-21,26,33H2,1-4H3;. The van der Waals surface area contributed by atoms with E-state index in [-0.39, 0.29) is 5.91 Å². The molecule has 0 saturated carbocycles. The number of nitrogens with zero attached hydrogens (tertiary/aromatic N) is 2. The Labute approximate surface area is 298 Å². The van der Waals surface area contributed by atoms with Gasteiger partial charge in [0.15, 0.2) is 0 Å². The molecule has 2 aromatic rings. The average molecular weight is 696 g/mol. The Morgan fingerprint density at radius 1 is 0.667 bits per heavy atom. The molecule has 1 aliphatic carbocycles. The van der Waals surface area contributed by atoms with Crippen LogP contribution in [0.25, 0.3) is 33.4 Å². The molecule has 0 aromatic heterocycles. The number of carbonyl (C=O) groups excluding carboxylic acids is 1. The fourth-order valence-corrected chi connectivity index (χ4v) is 7.22. The molecule has 0 atom stereocenters. The van der Waals surface area contributed by atoms with Crippen molar-refractivity contribution in [2.24, 2.45) is 0 Å². The number of benzene rings is 3. The fraction of sp³-hybridized carbons (Fsp3) is 0.535. The van der Waals surface area contributed by atoms with Crippen LogP contribution in [0.1, 0.15) is 134 Å². The van der Waals surface area contributed by atoms with Crippen molar-refractivity contribution >= 4 is 22.6 Å². The molecule has 4 rings (SSSR count). The van der Waals surface area contributed by atoms with Crippen LogP contribution in [0.5, 0.6) is 0 Å². The molecule has 1 amide bonds. The van der Waals surface area contributed by atoms with Gasteiger partial charge in [-0.25, -0.2) is 0 Å². The molecule has 264 valence electrons. The van der Waals surface area contributed by atoms with Gasteiger partial charge in [-0.2, -0.15) is 0 Å². The van der Waals surface area contributed by atoms with Crippen molar-refractivity contribution in [2.75, 3.05) is 31.6 Å². The topological polar surface area (TPSA) is 36.7 Å². The van der Waals surface area contributed by atoms with Crippen molar-refractivity contribution in [1.29, 1.82) is 0 Å². The second kappa shape index (κ2) is 20.6. The van der Waals surface area contributed by atoms with Crippen molar-refractivity contribution in [3.05, 3.63) is 70.4 Å². The Kier molecular flexibility index (Phi) is 16.2. The molecule has 0 fully saturated rings. The molecule has 1 aliphatic heterocycles. The predicted molar refractivity (Wildman–Crippen MR) is 202 cm³/mol. The molecule has 0 bridgehead atoms. The number of fused-ring (bicyclic) bond motifs is 2. The van der Waals surface area contributed by atoms with E-state index in [9.17, 15) is 4.79 Å². The van der Waals surface area contributed by atoms with Crippen LogP contribution in [0, 0.1) is 4.14 Å². The number of hydrogen-bond donors (Lipinski definition) is 0. The monoisotopic (exact) mass is 694 g/mol. The minimum absolute atomic E-state index is 0.0653. The first-order chi connectivity index (χ1) is 23.5. The van der Waals surface area contributed by atoms with Gasteiger partial charge in [0, 0.05) is 0 Å². The third-order valence-electron chi connectivity index (χ3n) is 9.90. The second-order valence-electron chi connectivity index (χ2n) is 13.5. The van der Waals surface area contributed by atoms with E-state index < -0.39 is 0 Å². The molecule has 0 spiro atoms. The van der Waals surface area contributed by atoms with E-state index in [2.05, 4.69) is 49.9 Å². The summed E-state index contributed by atoms with van der Waals surface area (Å²) in [5.41, 5.74) is 5.58. The summed E-state index contributed by atoms with van der Waals surface area (Å²) in [5.74, 6) is 0.817. The minimum atomic E-state index is 0.0653. The second-order valence-corrected chi connectivity index (χ2v) is 14.1. The Bertz CT molecular complexity index is 1570. The zero-order chi connectivity index (χ0) is 34.1. The van der Waals surface area contributed by atoms with Crippen LogP contribution in [-0.2, 0) is 15.0 Å². The first-order valence-corrected chi connectivity index (χ1v) is 19.5. The summed E-state index contributed by atoms with van der Waals surface area (Å²) in [4.78, 5) is 18.2. The first kappa shape index (κ1) is 37.9. The Morgan fingerprint density at radius 2 is 1.25 bits per heavy atom. The van der Waals surface area contributed by atoms with Gasteiger partial charge in [0.25, 0.3) is 0 Å². The molecule has 4 nitrogen and oxygen atoms in total. The van der Waals surface area contributed by atoms with E-state index >= 15 is 0 Å². The van der Waals surface area contributed by atoms with E-state index in [1.165, 1.54) is 96.3 Å². The van der Waals surface area contributed by atoms with Gasteiger partial charge in [0.1, 0.15) is 0 Å². The molecule has 0 radical (unpaired) electrons. The quantitative estimate of drug-likeness (QED) is 0.0467. The van der Waals surface area contributed by atoms with Gasteiger partial charge in [0.2, 0.25) is 0 Å². The van der Waals surface area contributed by atoms with Crippen molar-refractivity contribution in [1.82, 2.24) is 4.90 Å². The van der Waals surface area contributed by atoms with Gasteiger partial charge in [0.05, 0.1) is 0 Å². The van der Waals surface area contributed by atoms with E-state index in [4.69, 9.17) is 19.4 Å². The summed E-state index contributed by atoms with van der Waals surface area (Å²) in [6, 6.07) is 20.4. The Morgan fingerprint density at radius 3 is 1.85 bits per heavy atom. The molecule has 2 aliphatic rings. The van der Waals surface area contributed by atoms with Gasteiger partial charge in [-0.3, -0.25) is 0 Å². The van der Waals surface area contributed by atoms with Crippen LogP contribution < -0.4 is 4.90 Å². The number of unbranched alkanes of at least 4 members (excludes halogenated alkanes) is 15. The molecule has 1 heterocycles. The first-order valence-electron chi connectivity index (χ1n) is 19.0.